The second-order valence-electron chi connectivity index (χ2n) is 11.6. The van der Waals surface area contributed by atoms with Crippen molar-refractivity contribution in [1.82, 2.24) is 4.90 Å². The van der Waals surface area contributed by atoms with Crippen LogP contribution in [0.3, 0.4) is 0 Å². The largest absolute Gasteiger partial charge is 0.508 e. The Balaban J connectivity index is 1.53. The predicted molar refractivity (Wildman–Crippen MR) is 152 cm³/mol. The van der Waals surface area contributed by atoms with Crippen molar-refractivity contribution in [3.05, 3.63) is 119 Å². The van der Waals surface area contributed by atoms with Crippen LogP contribution < -0.4 is 0 Å². The van der Waals surface area contributed by atoms with Crippen molar-refractivity contribution in [3.63, 3.8) is 0 Å². The maximum absolute atomic E-state index is 14.8. The fourth-order valence-electron chi connectivity index (χ4n) is 8.11. The molecule has 0 spiro atoms. The lowest BCUT2D eigenvalue weighted by molar-refractivity contribution is -0.139. The molecule has 0 bridgehead atoms. The van der Waals surface area contributed by atoms with Crippen LogP contribution in [0.15, 0.2) is 103 Å². The maximum Gasteiger partial charge on any atom is 0.233 e. The Hall–Kier alpha value is -4.58. The number of hydrogen-bond acceptors (Lipinski definition) is 5. The zero-order valence-electron chi connectivity index (χ0n) is 22.6. The summed E-state index contributed by atoms with van der Waals surface area (Å²) in [5, 5.41) is 11.2. The van der Waals surface area contributed by atoms with Crippen molar-refractivity contribution in [1.29, 1.82) is 0 Å². The summed E-state index contributed by atoms with van der Waals surface area (Å²) >= 11 is 0. The first-order valence-electron chi connectivity index (χ1n) is 14.1. The number of aromatic hydroxyl groups is 1. The number of phenolic OH excluding ortho intramolecular Hbond substituents is 1. The van der Waals surface area contributed by atoms with Crippen molar-refractivity contribution in [2.75, 3.05) is 7.05 Å². The highest BCUT2D eigenvalue weighted by Crippen LogP contribution is 2.64. The summed E-state index contributed by atoms with van der Waals surface area (Å²) in [6, 6.07) is 25.5. The van der Waals surface area contributed by atoms with Crippen LogP contribution in [0.1, 0.15) is 35.4 Å². The molecule has 4 aliphatic rings. The number of carbonyl (C=O) groups is 4. The normalized spacial score (nSPS) is 30.8. The number of allylic oxidation sites excluding steroid dienone is 4. The number of fused-ring (bicyclic) bond motifs is 4. The van der Waals surface area contributed by atoms with Crippen LogP contribution in [0.4, 0.5) is 0 Å². The first-order chi connectivity index (χ1) is 19.9. The molecule has 1 saturated heterocycles. The van der Waals surface area contributed by atoms with E-state index < -0.39 is 35.0 Å². The Morgan fingerprint density at radius 3 is 2.17 bits per heavy atom. The Labute approximate surface area is 238 Å². The summed E-state index contributed by atoms with van der Waals surface area (Å²) in [7, 11) is 1.52. The molecule has 1 N–H and O–H groups in total. The van der Waals surface area contributed by atoms with Gasteiger partial charge in [-0.1, -0.05) is 90.5 Å². The average Bonchev–Trinajstić information content (AvgIpc) is 3.23. The van der Waals surface area contributed by atoms with Gasteiger partial charge in [0.1, 0.15) is 5.75 Å². The summed E-state index contributed by atoms with van der Waals surface area (Å²) in [4.78, 5) is 57.2. The Kier molecular flexibility index (Phi) is 5.72. The summed E-state index contributed by atoms with van der Waals surface area (Å²) in [5.74, 6) is -3.81. The number of imide groups is 1. The monoisotopic (exact) mass is 543 g/mol. The summed E-state index contributed by atoms with van der Waals surface area (Å²) < 4.78 is 0. The minimum atomic E-state index is -1.33. The van der Waals surface area contributed by atoms with Gasteiger partial charge in [0.25, 0.3) is 0 Å². The minimum absolute atomic E-state index is 0.0271. The first kappa shape index (κ1) is 25.4. The highest BCUT2D eigenvalue weighted by atomic mass is 16.3. The van der Waals surface area contributed by atoms with Crippen LogP contribution in [0, 0.1) is 23.7 Å². The highest BCUT2D eigenvalue weighted by molar-refractivity contribution is 6.31. The lowest BCUT2D eigenvalue weighted by atomic mass is 9.44. The highest BCUT2D eigenvalue weighted by Gasteiger charge is 2.65. The van der Waals surface area contributed by atoms with Crippen LogP contribution >= 0.6 is 0 Å². The van der Waals surface area contributed by atoms with E-state index in [2.05, 4.69) is 0 Å². The van der Waals surface area contributed by atoms with Gasteiger partial charge in [0, 0.05) is 30.0 Å². The quantitative estimate of drug-likeness (QED) is 0.377. The minimum Gasteiger partial charge on any atom is -0.508 e. The van der Waals surface area contributed by atoms with Gasteiger partial charge in [-0.2, -0.15) is 0 Å². The van der Waals surface area contributed by atoms with Gasteiger partial charge in [-0.25, -0.2) is 0 Å². The third kappa shape index (κ3) is 3.43. The predicted octanol–water partition coefficient (Wildman–Crippen LogP) is 4.85. The smallest absolute Gasteiger partial charge is 0.233 e. The first-order valence-corrected chi connectivity index (χ1v) is 14.1. The van der Waals surface area contributed by atoms with Crippen LogP contribution in [-0.4, -0.2) is 40.4 Å². The number of carbonyl (C=O) groups excluding carboxylic acids is 4. The molecule has 3 aromatic rings. The molecule has 6 atom stereocenters. The van der Waals surface area contributed by atoms with Gasteiger partial charge in [0.05, 0.1) is 17.3 Å². The lowest BCUT2D eigenvalue weighted by Gasteiger charge is -2.55. The molecule has 0 radical (unpaired) electrons. The number of amides is 2. The molecule has 7 rings (SSSR count). The summed E-state index contributed by atoms with van der Waals surface area (Å²) in [6.07, 6.45) is 4.12. The molecule has 3 aromatic carbocycles. The molecule has 2 fully saturated rings. The van der Waals surface area contributed by atoms with Gasteiger partial charge in [-0.3, -0.25) is 24.1 Å². The third-order valence-corrected chi connectivity index (χ3v) is 9.84. The van der Waals surface area contributed by atoms with E-state index in [0.29, 0.717) is 28.7 Å². The van der Waals surface area contributed by atoms with Crippen molar-refractivity contribution in [2.45, 2.75) is 24.2 Å². The molecule has 204 valence electrons. The lowest BCUT2D eigenvalue weighted by Crippen LogP contribution is -2.58. The summed E-state index contributed by atoms with van der Waals surface area (Å²) in [5.41, 5.74) is 1.78. The van der Waals surface area contributed by atoms with E-state index in [1.807, 2.05) is 72.8 Å². The van der Waals surface area contributed by atoms with Gasteiger partial charge < -0.3 is 5.11 Å². The number of rotatable bonds is 3. The van der Waals surface area contributed by atoms with Crippen LogP contribution in [0.2, 0.25) is 0 Å². The maximum atomic E-state index is 14.8. The Morgan fingerprint density at radius 1 is 0.805 bits per heavy atom. The zero-order valence-corrected chi connectivity index (χ0v) is 22.6. The van der Waals surface area contributed by atoms with E-state index in [1.54, 1.807) is 18.2 Å². The van der Waals surface area contributed by atoms with E-state index in [0.717, 1.165) is 5.57 Å². The second-order valence-corrected chi connectivity index (χ2v) is 11.6. The average molecular weight is 544 g/mol. The zero-order chi connectivity index (χ0) is 28.5. The molecule has 1 aliphatic heterocycles. The second kappa shape index (κ2) is 9.23. The number of benzene rings is 3. The number of ketones is 2. The van der Waals surface area contributed by atoms with Crippen molar-refractivity contribution >= 4 is 29.0 Å². The van der Waals surface area contributed by atoms with Gasteiger partial charge in [0.15, 0.2) is 11.6 Å². The molecular weight excluding hydrogens is 514 g/mol. The third-order valence-electron chi connectivity index (χ3n) is 9.84. The van der Waals surface area contributed by atoms with Gasteiger partial charge in [-0.05, 0) is 42.0 Å². The fraction of sp³-hybridized carbons (Fsp3) is 0.257. The van der Waals surface area contributed by atoms with Crippen LogP contribution in [0.25, 0.3) is 5.57 Å². The number of para-hydroxylation sites is 1. The number of Topliss-reactive ketones (excluding diaryl/α,β-unsaturated/α-hetero) is 1. The molecule has 0 aromatic heterocycles. The van der Waals surface area contributed by atoms with E-state index >= 15 is 0 Å². The van der Waals surface area contributed by atoms with Crippen LogP contribution in [-0.2, 0) is 24.6 Å². The van der Waals surface area contributed by atoms with Gasteiger partial charge >= 0.3 is 0 Å². The SMILES string of the molecule is CN1C(=O)C2CC=C3C(CC4C(=O)C(c5ccccc5)=CC(=O)C4(c4ccccc4)C3c3ccccc3O)C2C1=O. The summed E-state index contributed by atoms with van der Waals surface area (Å²) in [6.45, 7) is 0. The Morgan fingerprint density at radius 2 is 1.46 bits per heavy atom. The van der Waals surface area contributed by atoms with Crippen molar-refractivity contribution in [3.8, 4) is 5.75 Å². The number of likely N-dealkylation sites (tertiary alicyclic amines) is 1. The molecule has 6 unspecified atom stereocenters. The van der Waals surface area contributed by atoms with Crippen LogP contribution in [0.5, 0.6) is 5.75 Å². The van der Waals surface area contributed by atoms with E-state index in [-0.39, 0.29) is 35.6 Å². The van der Waals surface area contributed by atoms with Gasteiger partial charge in [0.2, 0.25) is 11.8 Å². The van der Waals surface area contributed by atoms with E-state index in [9.17, 15) is 24.3 Å². The van der Waals surface area contributed by atoms with E-state index in [4.69, 9.17) is 0 Å². The molecule has 1 saturated carbocycles. The molecule has 2 amide bonds. The molecule has 41 heavy (non-hydrogen) atoms. The van der Waals surface area contributed by atoms with E-state index in [1.165, 1.54) is 18.0 Å². The number of hydrogen-bond donors (Lipinski definition) is 1. The molecule has 6 nitrogen and oxygen atoms in total. The van der Waals surface area contributed by atoms with Crippen molar-refractivity contribution in [2.24, 2.45) is 23.7 Å². The number of phenols is 1. The molecule has 6 heteroatoms. The molecular formula is C35H29NO5. The molecule has 1 heterocycles. The number of nitrogens with zero attached hydrogens (tertiary/aromatic N) is 1. The standard InChI is InChI=1S/C35H29NO5/c1-36-33(40)24-17-16-22-26(30(24)34(36)41)18-27-32(39)25(20-10-4-2-5-11-20)19-29(38)35(27,21-12-6-3-7-13-21)31(22)23-14-8-9-15-28(23)37/h2-16,19,24,26-27,30-31,37H,17-18H2,1H3. The molecule has 3 aliphatic carbocycles. The topological polar surface area (TPSA) is 91.8 Å². The fourth-order valence-corrected chi connectivity index (χ4v) is 8.11. The Bertz CT molecular complexity index is 1670. The van der Waals surface area contributed by atoms with Gasteiger partial charge in [-0.15, -0.1) is 0 Å². The van der Waals surface area contributed by atoms with Crippen molar-refractivity contribution < 1.29 is 24.3 Å².